The highest BCUT2D eigenvalue weighted by molar-refractivity contribution is 6.01. The van der Waals surface area contributed by atoms with Crippen LogP contribution in [-0.2, 0) is 19.1 Å². The molecule has 6 nitrogen and oxygen atoms in total. The SMILES string of the molecule is C=CC1=C(C)C(=O)C(OC(=O)CCC(=O)Oc2ccc(/C=C/c3cc(C)cc(O)c3)cc2)CC1(C)C. The first kappa shape index (κ1) is 26.7. The number of aromatic hydroxyl groups is 1. The summed E-state index contributed by atoms with van der Waals surface area (Å²) in [4.78, 5) is 37.1. The minimum Gasteiger partial charge on any atom is -0.508 e. The van der Waals surface area contributed by atoms with Gasteiger partial charge in [0.25, 0.3) is 0 Å². The van der Waals surface area contributed by atoms with E-state index in [1.165, 1.54) is 0 Å². The predicted octanol–water partition coefficient (Wildman–Crippen LogP) is 5.97. The van der Waals surface area contributed by atoms with Gasteiger partial charge in [-0.15, -0.1) is 0 Å². The number of esters is 2. The molecule has 0 amide bonds. The molecule has 2 aromatic carbocycles. The molecular formula is C30H32O6. The fourth-order valence-electron chi connectivity index (χ4n) is 4.40. The van der Waals surface area contributed by atoms with Crippen LogP contribution in [0, 0.1) is 12.3 Å². The summed E-state index contributed by atoms with van der Waals surface area (Å²) in [7, 11) is 0. The molecule has 2 aromatic rings. The summed E-state index contributed by atoms with van der Waals surface area (Å²) in [6.45, 7) is 11.4. The molecule has 1 N–H and O–H groups in total. The molecule has 188 valence electrons. The van der Waals surface area contributed by atoms with Gasteiger partial charge in [0.05, 0.1) is 12.8 Å². The Hall–Kier alpha value is -3.93. The summed E-state index contributed by atoms with van der Waals surface area (Å²) in [5.41, 5.74) is 3.80. The van der Waals surface area contributed by atoms with Gasteiger partial charge in [-0.25, -0.2) is 0 Å². The van der Waals surface area contributed by atoms with Gasteiger partial charge in [-0.2, -0.15) is 0 Å². The van der Waals surface area contributed by atoms with Gasteiger partial charge in [-0.3, -0.25) is 14.4 Å². The van der Waals surface area contributed by atoms with Crippen LogP contribution in [0.4, 0.5) is 0 Å². The third-order valence-corrected chi connectivity index (χ3v) is 6.17. The number of hydrogen-bond acceptors (Lipinski definition) is 6. The van der Waals surface area contributed by atoms with Gasteiger partial charge >= 0.3 is 11.9 Å². The number of rotatable bonds is 8. The summed E-state index contributed by atoms with van der Waals surface area (Å²) in [5, 5.41) is 9.70. The zero-order valence-corrected chi connectivity index (χ0v) is 21.2. The fraction of sp³-hybridized carbons (Fsp3) is 0.300. The number of phenolic OH excluding ortho intramolecular Hbond substituents is 1. The van der Waals surface area contributed by atoms with Gasteiger partial charge in [0.1, 0.15) is 11.5 Å². The first-order chi connectivity index (χ1) is 17.0. The number of ketones is 1. The number of aryl methyl sites for hydroxylation is 1. The Morgan fingerprint density at radius 3 is 2.31 bits per heavy atom. The molecule has 1 aliphatic rings. The maximum Gasteiger partial charge on any atom is 0.311 e. The average molecular weight is 489 g/mol. The number of carbonyl (C=O) groups is 3. The van der Waals surface area contributed by atoms with E-state index in [1.54, 1.807) is 49.4 Å². The van der Waals surface area contributed by atoms with Crippen LogP contribution >= 0.6 is 0 Å². The molecule has 6 heteroatoms. The van der Waals surface area contributed by atoms with E-state index >= 15 is 0 Å². The van der Waals surface area contributed by atoms with Crippen molar-refractivity contribution in [3.63, 3.8) is 0 Å². The number of ether oxygens (including phenoxy) is 2. The highest BCUT2D eigenvalue weighted by Crippen LogP contribution is 2.40. The Labute approximate surface area is 211 Å². The normalized spacial score (nSPS) is 17.2. The van der Waals surface area contributed by atoms with Crippen molar-refractivity contribution >= 4 is 29.9 Å². The molecule has 36 heavy (non-hydrogen) atoms. The van der Waals surface area contributed by atoms with Crippen LogP contribution in [0.25, 0.3) is 12.2 Å². The predicted molar refractivity (Wildman–Crippen MR) is 139 cm³/mol. The lowest BCUT2D eigenvalue weighted by Gasteiger charge is -2.36. The minimum absolute atomic E-state index is 0.158. The molecule has 1 aliphatic carbocycles. The molecule has 0 saturated carbocycles. The molecule has 0 aromatic heterocycles. The number of hydrogen-bond donors (Lipinski definition) is 1. The first-order valence-corrected chi connectivity index (χ1v) is 11.9. The van der Waals surface area contributed by atoms with Gasteiger partial charge in [-0.05, 0) is 71.4 Å². The van der Waals surface area contributed by atoms with Crippen LogP contribution < -0.4 is 4.74 Å². The molecule has 0 aliphatic heterocycles. The van der Waals surface area contributed by atoms with E-state index in [1.807, 2.05) is 39.0 Å². The molecule has 3 rings (SSSR count). The van der Waals surface area contributed by atoms with E-state index in [0.717, 1.165) is 22.3 Å². The molecule has 1 unspecified atom stereocenters. The zero-order chi connectivity index (χ0) is 26.5. The van der Waals surface area contributed by atoms with Crippen molar-refractivity contribution in [3.8, 4) is 11.5 Å². The van der Waals surface area contributed by atoms with Crippen molar-refractivity contribution in [3.05, 3.63) is 83.0 Å². The molecule has 0 heterocycles. The number of allylic oxidation sites excluding steroid dienone is 2. The summed E-state index contributed by atoms with van der Waals surface area (Å²) in [5.74, 6) is -0.831. The van der Waals surface area contributed by atoms with Crippen molar-refractivity contribution in [2.24, 2.45) is 5.41 Å². The number of carbonyl (C=O) groups excluding carboxylic acids is 3. The lowest BCUT2D eigenvalue weighted by atomic mass is 9.71. The molecular weight excluding hydrogens is 456 g/mol. The molecule has 0 radical (unpaired) electrons. The minimum atomic E-state index is -0.864. The van der Waals surface area contributed by atoms with Gasteiger partial charge in [0.2, 0.25) is 0 Å². The molecule has 0 bridgehead atoms. The van der Waals surface area contributed by atoms with E-state index in [2.05, 4.69) is 6.58 Å². The van der Waals surface area contributed by atoms with E-state index in [0.29, 0.717) is 17.7 Å². The van der Waals surface area contributed by atoms with Crippen molar-refractivity contribution in [2.75, 3.05) is 0 Å². The Balaban J connectivity index is 1.49. The molecule has 0 fully saturated rings. The van der Waals surface area contributed by atoms with Crippen LogP contribution in [0.2, 0.25) is 0 Å². The smallest absolute Gasteiger partial charge is 0.311 e. The second-order valence-corrected chi connectivity index (χ2v) is 9.65. The molecule has 0 saturated heterocycles. The highest BCUT2D eigenvalue weighted by Gasteiger charge is 2.39. The third kappa shape index (κ3) is 6.81. The van der Waals surface area contributed by atoms with Crippen molar-refractivity contribution < 1.29 is 29.0 Å². The van der Waals surface area contributed by atoms with E-state index in [9.17, 15) is 19.5 Å². The summed E-state index contributed by atoms with van der Waals surface area (Å²) in [6, 6.07) is 12.2. The Bertz CT molecular complexity index is 1210. The lowest BCUT2D eigenvalue weighted by Crippen LogP contribution is -2.39. The monoisotopic (exact) mass is 488 g/mol. The van der Waals surface area contributed by atoms with E-state index < -0.39 is 18.0 Å². The van der Waals surface area contributed by atoms with E-state index in [-0.39, 0.29) is 29.8 Å². The highest BCUT2D eigenvalue weighted by atomic mass is 16.5. The second-order valence-electron chi connectivity index (χ2n) is 9.65. The van der Waals surface area contributed by atoms with Crippen LogP contribution in [0.3, 0.4) is 0 Å². The summed E-state index contributed by atoms with van der Waals surface area (Å²) >= 11 is 0. The number of Topliss-reactive ketones (excluding diaryl/α,β-unsaturated/α-hetero) is 1. The van der Waals surface area contributed by atoms with Crippen LogP contribution in [0.15, 0.2) is 66.3 Å². The van der Waals surface area contributed by atoms with Crippen molar-refractivity contribution in [1.82, 2.24) is 0 Å². The zero-order valence-electron chi connectivity index (χ0n) is 21.2. The van der Waals surface area contributed by atoms with Gasteiger partial charge in [0, 0.05) is 6.42 Å². The Morgan fingerprint density at radius 1 is 1.03 bits per heavy atom. The van der Waals surface area contributed by atoms with Crippen LogP contribution in [0.5, 0.6) is 11.5 Å². The lowest BCUT2D eigenvalue weighted by molar-refractivity contribution is -0.157. The second kappa shape index (κ2) is 11.2. The van der Waals surface area contributed by atoms with Crippen molar-refractivity contribution in [1.29, 1.82) is 0 Å². The number of phenols is 1. The van der Waals surface area contributed by atoms with Crippen LogP contribution in [-0.4, -0.2) is 28.9 Å². The Kier molecular flexibility index (Phi) is 8.30. The number of benzene rings is 2. The standard InChI is InChI=1S/C30H32O6/c1-6-25-20(3)29(34)26(18-30(25,4)5)36-28(33)14-13-27(32)35-24-11-9-21(10-12-24)7-8-22-15-19(2)16-23(31)17-22/h6-12,15-17,26,31H,1,13-14,18H2,2-5H3/b8-7+. The van der Waals surface area contributed by atoms with Gasteiger partial charge in [-0.1, -0.05) is 56.9 Å². The largest absolute Gasteiger partial charge is 0.508 e. The fourth-order valence-corrected chi connectivity index (χ4v) is 4.40. The maximum atomic E-state index is 12.6. The topological polar surface area (TPSA) is 89.9 Å². The first-order valence-electron chi connectivity index (χ1n) is 11.9. The van der Waals surface area contributed by atoms with E-state index in [4.69, 9.17) is 9.47 Å². The quantitative estimate of drug-likeness (QED) is 0.280. The summed E-state index contributed by atoms with van der Waals surface area (Å²) in [6.07, 6.45) is 4.62. The van der Waals surface area contributed by atoms with Gasteiger partial charge in [0.15, 0.2) is 11.9 Å². The van der Waals surface area contributed by atoms with Crippen molar-refractivity contribution in [2.45, 2.75) is 53.1 Å². The summed E-state index contributed by atoms with van der Waals surface area (Å²) < 4.78 is 10.7. The molecule has 1 atom stereocenters. The third-order valence-electron chi connectivity index (χ3n) is 6.17. The molecule has 0 spiro atoms. The Morgan fingerprint density at radius 2 is 1.67 bits per heavy atom. The average Bonchev–Trinajstić information content (AvgIpc) is 2.80. The van der Waals surface area contributed by atoms with Crippen LogP contribution in [0.1, 0.15) is 56.7 Å². The maximum absolute atomic E-state index is 12.6. The van der Waals surface area contributed by atoms with Gasteiger partial charge < -0.3 is 14.6 Å².